The van der Waals surface area contributed by atoms with Gasteiger partial charge in [-0.25, -0.2) is 9.78 Å². The number of nitrogens with zero attached hydrogens (tertiary/aromatic N) is 2. The number of imidazole rings is 1. The van der Waals surface area contributed by atoms with E-state index in [2.05, 4.69) is 9.55 Å². The number of hydrogen-bond donors (Lipinski definition) is 1. The molecule has 0 aromatic carbocycles. The maximum Gasteiger partial charge on any atom is 0.360 e. The maximum absolute atomic E-state index is 11.8. The van der Waals surface area contributed by atoms with Crippen molar-refractivity contribution in [3.05, 3.63) is 11.5 Å². The molecule has 2 saturated carbocycles. The molecule has 5 heteroatoms. The predicted octanol–water partition coefficient (Wildman–Crippen LogP) is 2.31. The SMILES string of the molecule is CCOC(=O)c1nc(C)n(C2CC3CCC2C3)c1N. The fourth-order valence-corrected chi connectivity index (χ4v) is 3.86. The van der Waals surface area contributed by atoms with Gasteiger partial charge in [-0.1, -0.05) is 6.42 Å². The Morgan fingerprint density at radius 1 is 1.47 bits per heavy atom. The molecule has 1 aromatic rings. The Labute approximate surface area is 113 Å². The van der Waals surface area contributed by atoms with Crippen LogP contribution in [0.3, 0.4) is 0 Å². The van der Waals surface area contributed by atoms with Crippen LogP contribution in [0.4, 0.5) is 5.82 Å². The molecule has 0 spiro atoms. The number of aryl methyl sites for hydroxylation is 1. The van der Waals surface area contributed by atoms with Crippen molar-refractivity contribution < 1.29 is 9.53 Å². The van der Waals surface area contributed by atoms with Crippen LogP contribution in [0, 0.1) is 18.8 Å². The van der Waals surface area contributed by atoms with Crippen LogP contribution in [-0.2, 0) is 4.74 Å². The second-order valence-corrected chi connectivity index (χ2v) is 5.73. The first-order chi connectivity index (χ1) is 9.11. The van der Waals surface area contributed by atoms with Crippen LogP contribution in [0.25, 0.3) is 0 Å². The summed E-state index contributed by atoms with van der Waals surface area (Å²) in [6.45, 7) is 4.05. The molecule has 0 amide bonds. The number of esters is 1. The van der Waals surface area contributed by atoms with Gasteiger partial charge in [0.25, 0.3) is 0 Å². The van der Waals surface area contributed by atoms with E-state index in [1.807, 2.05) is 6.92 Å². The minimum absolute atomic E-state index is 0.280. The molecule has 104 valence electrons. The van der Waals surface area contributed by atoms with Crippen molar-refractivity contribution in [1.29, 1.82) is 0 Å². The zero-order valence-electron chi connectivity index (χ0n) is 11.6. The minimum atomic E-state index is -0.412. The average Bonchev–Trinajstić information content (AvgIpc) is 3.04. The summed E-state index contributed by atoms with van der Waals surface area (Å²) in [5, 5.41) is 0. The van der Waals surface area contributed by atoms with E-state index >= 15 is 0 Å². The zero-order chi connectivity index (χ0) is 13.6. The van der Waals surface area contributed by atoms with Crippen LogP contribution in [0.5, 0.6) is 0 Å². The highest BCUT2D eigenvalue weighted by molar-refractivity contribution is 5.92. The van der Waals surface area contributed by atoms with E-state index < -0.39 is 5.97 Å². The molecule has 3 rings (SSSR count). The number of nitrogens with two attached hydrogens (primary N) is 1. The second-order valence-electron chi connectivity index (χ2n) is 5.73. The summed E-state index contributed by atoms with van der Waals surface area (Å²) in [5.74, 6) is 2.44. The molecule has 2 aliphatic carbocycles. The summed E-state index contributed by atoms with van der Waals surface area (Å²) in [6, 6.07) is 0.425. The van der Waals surface area contributed by atoms with Gasteiger partial charge in [-0.15, -0.1) is 0 Å². The Bertz CT molecular complexity index is 509. The van der Waals surface area contributed by atoms with Gasteiger partial charge in [-0.05, 0) is 44.9 Å². The topological polar surface area (TPSA) is 70.1 Å². The third kappa shape index (κ3) is 1.91. The predicted molar refractivity (Wildman–Crippen MR) is 71.8 cm³/mol. The fourth-order valence-electron chi connectivity index (χ4n) is 3.86. The Hall–Kier alpha value is -1.52. The molecule has 0 saturated heterocycles. The molecule has 3 atom stereocenters. The van der Waals surface area contributed by atoms with E-state index in [1.165, 1.54) is 25.7 Å². The monoisotopic (exact) mass is 263 g/mol. The Kier molecular flexibility index (Phi) is 2.99. The normalized spacial score (nSPS) is 28.8. The van der Waals surface area contributed by atoms with E-state index in [0.29, 0.717) is 24.4 Å². The molecule has 1 aromatic heterocycles. The van der Waals surface area contributed by atoms with Crippen molar-refractivity contribution in [3.8, 4) is 0 Å². The lowest BCUT2D eigenvalue weighted by Gasteiger charge is -2.25. The van der Waals surface area contributed by atoms with Gasteiger partial charge in [0.2, 0.25) is 0 Å². The number of rotatable bonds is 3. The number of anilines is 1. The molecule has 2 fully saturated rings. The van der Waals surface area contributed by atoms with Crippen LogP contribution in [-0.4, -0.2) is 22.1 Å². The van der Waals surface area contributed by atoms with Crippen LogP contribution >= 0.6 is 0 Å². The lowest BCUT2D eigenvalue weighted by molar-refractivity contribution is 0.0521. The van der Waals surface area contributed by atoms with Crippen molar-refractivity contribution >= 4 is 11.8 Å². The number of carbonyl (C=O) groups is 1. The van der Waals surface area contributed by atoms with Crippen molar-refractivity contribution in [1.82, 2.24) is 9.55 Å². The van der Waals surface area contributed by atoms with Crippen LogP contribution < -0.4 is 5.73 Å². The molecular formula is C14H21N3O2. The third-order valence-corrected chi connectivity index (χ3v) is 4.63. The Morgan fingerprint density at radius 3 is 2.84 bits per heavy atom. The second kappa shape index (κ2) is 4.54. The van der Waals surface area contributed by atoms with Crippen LogP contribution in [0.15, 0.2) is 0 Å². The van der Waals surface area contributed by atoms with Gasteiger partial charge >= 0.3 is 5.97 Å². The smallest absolute Gasteiger partial charge is 0.360 e. The first kappa shape index (κ1) is 12.5. The number of nitrogen functional groups attached to an aromatic ring is 1. The molecular weight excluding hydrogens is 242 g/mol. The highest BCUT2D eigenvalue weighted by Crippen LogP contribution is 2.51. The van der Waals surface area contributed by atoms with E-state index in [-0.39, 0.29) is 5.69 Å². The molecule has 2 N–H and O–H groups in total. The zero-order valence-corrected chi connectivity index (χ0v) is 11.6. The molecule has 0 radical (unpaired) electrons. The van der Waals surface area contributed by atoms with Crippen molar-refractivity contribution in [2.45, 2.75) is 45.6 Å². The number of carbonyl (C=O) groups excluding carboxylic acids is 1. The third-order valence-electron chi connectivity index (χ3n) is 4.63. The van der Waals surface area contributed by atoms with E-state index in [0.717, 1.165) is 11.7 Å². The van der Waals surface area contributed by atoms with Gasteiger partial charge in [0.15, 0.2) is 5.69 Å². The molecule has 2 aliphatic rings. The van der Waals surface area contributed by atoms with Crippen LogP contribution in [0.2, 0.25) is 0 Å². The molecule has 3 unspecified atom stereocenters. The Balaban J connectivity index is 1.92. The largest absolute Gasteiger partial charge is 0.461 e. The van der Waals surface area contributed by atoms with Gasteiger partial charge in [0.1, 0.15) is 11.6 Å². The van der Waals surface area contributed by atoms with Crippen molar-refractivity contribution in [2.24, 2.45) is 11.8 Å². The lowest BCUT2D eigenvalue weighted by Crippen LogP contribution is -2.19. The summed E-state index contributed by atoms with van der Waals surface area (Å²) in [7, 11) is 0. The summed E-state index contributed by atoms with van der Waals surface area (Å²) in [6.07, 6.45) is 5.10. The first-order valence-electron chi connectivity index (χ1n) is 7.13. The van der Waals surface area contributed by atoms with Gasteiger partial charge < -0.3 is 15.0 Å². The molecule has 19 heavy (non-hydrogen) atoms. The van der Waals surface area contributed by atoms with E-state index in [4.69, 9.17) is 10.5 Å². The van der Waals surface area contributed by atoms with Gasteiger partial charge in [-0.3, -0.25) is 0 Å². The molecule has 2 bridgehead atoms. The summed E-state index contributed by atoms with van der Waals surface area (Å²) < 4.78 is 7.07. The summed E-state index contributed by atoms with van der Waals surface area (Å²) in [4.78, 5) is 16.1. The number of ether oxygens (including phenoxy) is 1. The highest BCUT2D eigenvalue weighted by atomic mass is 16.5. The first-order valence-corrected chi connectivity index (χ1v) is 7.13. The molecule has 1 heterocycles. The van der Waals surface area contributed by atoms with Crippen molar-refractivity contribution in [2.75, 3.05) is 12.3 Å². The van der Waals surface area contributed by atoms with Gasteiger partial charge in [-0.2, -0.15) is 0 Å². The van der Waals surface area contributed by atoms with Crippen molar-refractivity contribution in [3.63, 3.8) is 0 Å². The average molecular weight is 263 g/mol. The quantitative estimate of drug-likeness (QED) is 0.849. The minimum Gasteiger partial charge on any atom is -0.461 e. The van der Waals surface area contributed by atoms with E-state index in [9.17, 15) is 4.79 Å². The molecule has 5 nitrogen and oxygen atoms in total. The number of fused-ring (bicyclic) bond motifs is 2. The standard InChI is InChI=1S/C14H21N3O2/c1-3-19-14(18)12-13(15)17(8(2)16-12)11-7-9-4-5-10(11)6-9/h9-11H,3-7,15H2,1-2H3. The van der Waals surface area contributed by atoms with Gasteiger partial charge in [0.05, 0.1) is 6.61 Å². The maximum atomic E-state index is 11.8. The van der Waals surface area contributed by atoms with E-state index in [1.54, 1.807) is 6.92 Å². The molecule has 0 aliphatic heterocycles. The fraction of sp³-hybridized carbons (Fsp3) is 0.714. The van der Waals surface area contributed by atoms with Gasteiger partial charge in [0, 0.05) is 6.04 Å². The number of aromatic nitrogens is 2. The Morgan fingerprint density at radius 2 is 2.26 bits per heavy atom. The highest BCUT2D eigenvalue weighted by Gasteiger charge is 2.42. The summed E-state index contributed by atoms with van der Waals surface area (Å²) in [5.41, 5.74) is 6.43. The summed E-state index contributed by atoms with van der Waals surface area (Å²) >= 11 is 0. The lowest BCUT2D eigenvalue weighted by atomic mass is 9.95. The number of hydrogen-bond acceptors (Lipinski definition) is 4. The van der Waals surface area contributed by atoms with Crippen LogP contribution in [0.1, 0.15) is 55.0 Å².